The first-order valence-corrected chi connectivity index (χ1v) is 8.64. The molecule has 3 aromatic rings. The number of ether oxygens (including phenoxy) is 1. The van der Waals surface area contributed by atoms with Crippen LogP contribution in [-0.4, -0.2) is 10.9 Å². The molecular weight excluding hydrogens is 339 g/mol. The van der Waals surface area contributed by atoms with Crippen molar-refractivity contribution >= 4 is 17.2 Å². The van der Waals surface area contributed by atoms with Gasteiger partial charge in [-0.3, -0.25) is 4.79 Å². The fourth-order valence-electron chi connectivity index (χ4n) is 2.25. The third-order valence-corrected chi connectivity index (χ3v) is 4.34. The second-order valence-electron chi connectivity index (χ2n) is 5.48. The fourth-order valence-corrected chi connectivity index (χ4v) is 2.84. The lowest BCUT2D eigenvalue weighted by Crippen LogP contribution is -2.22. The van der Waals surface area contributed by atoms with Crippen molar-refractivity contribution in [2.45, 2.75) is 20.1 Å². The summed E-state index contributed by atoms with van der Waals surface area (Å²) in [5, 5.41) is 5.76. The molecule has 0 radical (unpaired) electrons. The molecule has 1 heterocycles. The topological polar surface area (TPSA) is 51.2 Å². The molecule has 1 N–H and O–H groups in total. The highest BCUT2D eigenvalue weighted by molar-refractivity contribution is 7.09. The van der Waals surface area contributed by atoms with E-state index in [9.17, 15) is 9.18 Å². The first kappa shape index (κ1) is 17.1. The standard InChI is InChI=1S/C19H17FN2O2S/c1-13-22-17(12-25-13)11-24-18-4-2-3-15(9-18)19(23)21-10-14-5-7-16(20)8-6-14/h2-9,12H,10-11H2,1H3,(H,21,23). The molecule has 0 saturated heterocycles. The number of thiazole rings is 1. The minimum absolute atomic E-state index is 0.209. The molecule has 0 bridgehead atoms. The molecule has 25 heavy (non-hydrogen) atoms. The quantitative estimate of drug-likeness (QED) is 0.723. The summed E-state index contributed by atoms with van der Waals surface area (Å²) >= 11 is 1.57. The predicted octanol–water partition coefficient (Wildman–Crippen LogP) is 4.10. The van der Waals surface area contributed by atoms with Gasteiger partial charge in [0.2, 0.25) is 0 Å². The van der Waals surface area contributed by atoms with Crippen molar-refractivity contribution < 1.29 is 13.9 Å². The molecule has 128 valence electrons. The van der Waals surface area contributed by atoms with E-state index >= 15 is 0 Å². The molecule has 2 aromatic carbocycles. The molecule has 0 aliphatic heterocycles. The third-order valence-electron chi connectivity index (χ3n) is 3.52. The lowest BCUT2D eigenvalue weighted by molar-refractivity contribution is 0.0950. The Morgan fingerprint density at radius 1 is 1.24 bits per heavy atom. The lowest BCUT2D eigenvalue weighted by Gasteiger charge is -2.08. The fraction of sp³-hybridized carbons (Fsp3) is 0.158. The van der Waals surface area contributed by atoms with Crippen LogP contribution >= 0.6 is 11.3 Å². The maximum absolute atomic E-state index is 12.9. The number of carbonyl (C=O) groups excluding carboxylic acids is 1. The Balaban J connectivity index is 1.58. The van der Waals surface area contributed by atoms with Crippen molar-refractivity contribution in [3.63, 3.8) is 0 Å². The zero-order valence-electron chi connectivity index (χ0n) is 13.7. The van der Waals surface area contributed by atoms with Crippen LogP contribution in [0.4, 0.5) is 4.39 Å². The van der Waals surface area contributed by atoms with Crippen LogP contribution in [-0.2, 0) is 13.2 Å². The summed E-state index contributed by atoms with van der Waals surface area (Å²) < 4.78 is 18.6. The number of nitrogens with one attached hydrogen (secondary N) is 1. The molecule has 0 fully saturated rings. The average Bonchev–Trinajstić information content (AvgIpc) is 3.05. The van der Waals surface area contributed by atoms with Gasteiger partial charge in [0.15, 0.2) is 0 Å². The van der Waals surface area contributed by atoms with Crippen LogP contribution in [0.2, 0.25) is 0 Å². The number of benzene rings is 2. The smallest absolute Gasteiger partial charge is 0.251 e. The summed E-state index contributed by atoms with van der Waals surface area (Å²) in [6.07, 6.45) is 0. The minimum atomic E-state index is -0.296. The molecule has 0 aliphatic carbocycles. The maximum Gasteiger partial charge on any atom is 0.251 e. The number of aryl methyl sites for hydroxylation is 1. The summed E-state index contributed by atoms with van der Waals surface area (Å²) in [6, 6.07) is 13.0. The van der Waals surface area contributed by atoms with Gasteiger partial charge in [0.25, 0.3) is 5.91 Å². The Kier molecular flexibility index (Phi) is 5.40. The average molecular weight is 356 g/mol. The molecule has 0 atom stereocenters. The van der Waals surface area contributed by atoms with E-state index in [-0.39, 0.29) is 11.7 Å². The van der Waals surface area contributed by atoms with Gasteiger partial charge in [-0.15, -0.1) is 11.3 Å². The van der Waals surface area contributed by atoms with E-state index in [0.29, 0.717) is 24.5 Å². The van der Waals surface area contributed by atoms with Gasteiger partial charge in [-0.25, -0.2) is 9.37 Å². The van der Waals surface area contributed by atoms with Crippen molar-refractivity contribution in [1.29, 1.82) is 0 Å². The second kappa shape index (κ2) is 7.90. The molecule has 1 aromatic heterocycles. The summed E-state index contributed by atoms with van der Waals surface area (Å²) in [4.78, 5) is 16.6. The van der Waals surface area contributed by atoms with E-state index in [2.05, 4.69) is 10.3 Å². The number of aromatic nitrogens is 1. The molecule has 4 nitrogen and oxygen atoms in total. The van der Waals surface area contributed by atoms with E-state index in [1.165, 1.54) is 12.1 Å². The third kappa shape index (κ3) is 4.87. The highest BCUT2D eigenvalue weighted by Crippen LogP contribution is 2.16. The number of carbonyl (C=O) groups is 1. The molecule has 0 spiro atoms. The molecule has 1 amide bonds. The van der Waals surface area contributed by atoms with Gasteiger partial charge in [0.05, 0.1) is 10.7 Å². The first-order chi connectivity index (χ1) is 12.1. The number of halogens is 1. The van der Waals surface area contributed by atoms with Gasteiger partial charge < -0.3 is 10.1 Å². The number of hydrogen-bond acceptors (Lipinski definition) is 4. The van der Waals surface area contributed by atoms with E-state index in [4.69, 9.17) is 4.74 Å². The number of nitrogens with zero attached hydrogens (tertiary/aromatic N) is 1. The Morgan fingerprint density at radius 2 is 2.04 bits per heavy atom. The van der Waals surface area contributed by atoms with Crippen LogP contribution < -0.4 is 10.1 Å². The van der Waals surface area contributed by atoms with Crippen molar-refractivity contribution in [3.8, 4) is 5.75 Å². The summed E-state index contributed by atoms with van der Waals surface area (Å²) in [5.74, 6) is 0.106. The van der Waals surface area contributed by atoms with Crippen molar-refractivity contribution in [2.24, 2.45) is 0 Å². The van der Waals surface area contributed by atoms with E-state index in [1.807, 2.05) is 12.3 Å². The van der Waals surface area contributed by atoms with Crippen LogP contribution in [0, 0.1) is 12.7 Å². The van der Waals surface area contributed by atoms with E-state index in [0.717, 1.165) is 16.3 Å². The van der Waals surface area contributed by atoms with Crippen LogP contribution in [0.1, 0.15) is 26.6 Å². The Morgan fingerprint density at radius 3 is 2.76 bits per heavy atom. The molecule has 0 saturated carbocycles. The van der Waals surface area contributed by atoms with Crippen LogP contribution in [0.3, 0.4) is 0 Å². The Bertz CT molecular complexity index is 862. The molecule has 0 aliphatic rings. The van der Waals surface area contributed by atoms with Crippen LogP contribution in [0.25, 0.3) is 0 Å². The van der Waals surface area contributed by atoms with Crippen molar-refractivity contribution in [2.75, 3.05) is 0 Å². The largest absolute Gasteiger partial charge is 0.487 e. The molecular formula is C19H17FN2O2S. The monoisotopic (exact) mass is 356 g/mol. The summed E-state index contributed by atoms with van der Waals surface area (Å²) in [6.45, 7) is 2.65. The van der Waals surface area contributed by atoms with Gasteiger partial charge in [-0.2, -0.15) is 0 Å². The van der Waals surface area contributed by atoms with Crippen molar-refractivity contribution in [3.05, 3.63) is 81.6 Å². The first-order valence-electron chi connectivity index (χ1n) is 7.77. The Hall–Kier alpha value is -2.73. The van der Waals surface area contributed by atoms with Gasteiger partial charge in [0, 0.05) is 17.5 Å². The zero-order valence-corrected chi connectivity index (χ0v) is 14.5. The molecule has 3 rings (SSSR count). The van der Waals surface area contributed by atoms with Crippen molar-refractivity contribution in [1.82, 2.24) is 10.3 Å². The molecule has 6 heteroatoms. The lowest BCUT2D eigenvalue weighted by atomic mass is 10.2. The highest BCUT2D eigenvalue weighted by Gasteiger charge is 2.07. The summed E-state index contributed by atoms with van der Waals surface area (Å²) in [7, 11) is 0. The number of rotatable bonds is 6. The maximum atomic E-state index is 12.9. The zero-order chi connectivity index (χ0) is 17.6. The van der Waals surface area contributed by atoms with Gasteiger partial charge >= 0.3 is 0 Å². The number of amides is 1. The van der Waals surface area contributed by atoms with Gasteiger partial charge in [-0.1, -0.05) is 18.2 Å². The summed E-state index contributed by atoms with van der Waals surface area (Å²) in [5.41, 5.74) is 2.21. The van der Waals surface area contributed by atoms with E-state index in [1.54, 1.807) is 47.7 Å². The SMILES string of the molecule is Cc1nc(COc2cccc(C(=O)NCc3ccc(F)cc3)c2)cs1. The Labute approximate surface area is 149 Å². The van der Waals surface area contributed by atoms with Crippen LogP contribution in [0.15, 0.2) is 53.9 Å². The van der Waals surface area contributed by atoms with Gasteiger partial charge in [0.1, 0.15) is 18.2 Å². The number of hydrogen-bond donors (Lipinski definition) is 1. The normalized spacial score (nSPS) is 10.5. The minimum Gasteiger partial charge on any atom is -0.487 e. The molecule has 0 unspecified atom stereocenters. The van der Waals surface area contributed by atoms with Crippen LogP contribution in [0.5, 0.6) is 5.75 Å². The second-order valence-corrected chi connectivity index (χ2v) is 6.55. The highest BCUT2D eigenvalue weighted by atomic mass is 32.1. The van der Waals surface area contributed by atoms with Gasteiger partial charge in [-0.05, 0) is 42.8 Å². The predicted molar refractivity (Wildman–Crippen MR) is 95.2 cm³/mol. The van der Waals surface area contributed by atoms with E-state index < -0.39 is 0 Å².